The summed E-state index contributed by atoms with van der Waals surface area (Å²) < 4.78 is 0. The minimum atomic E-state index is -0.449. The molecule has 15 heavy (non-hydrogen) atoms. The summed E-state index contributed by atoms with van der Waals surface area (Å²) in [4.78, 5) is 12.9. The molecular weight excluding hydrogens is 214 g/mol. The number of nitriles is 1. The molecular formula is C10H8ClN3O. The van der Waals surface area contributed by atoms with E-state index in [4.69, 9.17) is 22.6 Å². The second-order valence-electron chi connectivity index (χ2n) is 3.33. The molecule has 0 bridgehead atoms. The number of anilines is 1. The summed E-state index contributed by atoms with van der Waals surface area (Å²) in [6.07, 6.45) is 0. The number of nitrogens with two attached hydrogens (primary N) is 1. The maximum Gasteiger partial charge on any atom is 0.245 e. The third kappa shape index (κ3) is 1.56. The number of β-lactam (4-membered cyclic amide) rings is 1. The maximum atomic E-state index is 11.4. The Bertz CT molecular complexity index is 466. The topological polar surface area (TPSA) is 70.1 Å². The van der Waals surface area contributed by atoms with E-state index < -0.39 is 6.04 Å². The number of hydrogen-bond acceptors (Lipinski definition) is 3. The Morgan fingerprint density at radius 3 is 2.87 bits per heavy atom. The maximum absolute atomic E-state index is 11.4. The molecule has 2 N–H and O–H groups in total. The first-order chi connectivity index (χ1) is 7.13. The van der Waals surface area contributed by atoms with Crippen LogP contribution in [-0.4, -0.2) is 18.5 Å². The van der Waals surface area contributed by atoms with Crippen LogP contribution in [0.3, 0.4) is 0 Å². The summed E-state index contributed by atoms with van der Waals surface area (Å²) in [6, 6.07) is 6.38. The van der Waals surface area contributed by atoms with E-state index in [0.717, 1.165) is 0 Å². The highest BCUT2D eigenvalue weighted by Gasteiger charge is 2.35. The summed E-state index contributed by atoms with van der Waals surface area (Å²) in [6.45, 7) is 0.438. The Morgan fingerprint density at radius 2 is 2.33 bits per heavy atom. The van der Waals surface area contributed by atoms with E-state index in [0.29, 0.717) is 22.8 Å². The smallest absolute Gasteiger partial charge is 0.245 e. The lowest BCUT2D eigenvalue weighted by atomic mass is 10.0. The van der Waals surface area contributed by atoms with Crippen molar-refractivity contribution in [2.45, 2.75) is 6.04 Å². The Kier molecular flexibility index (Phi) is 2.35. The monoisotopic (exact) mass is 221 g/mol. The molecule has 1 unspecified atom stereocenters. The number of rotatable bonds is 1. The summed E-state index contributed by atoms with van der Waals surface area (Å²) in [5, 5.41) is 9.37. The number of carbonyl (C=O) groups excluding carboxylic acids is 1. The van der Waals surface area contributed by atoms with E-state index in [2.05, 4.69) is 0 Å². The molecule has 0 aromatic heterocycles. The van der Waals surface area contributed by atoms with Crippen molar-refractivity contribution < 1.29 is 4.79 Å². The Labute approximate surface area is 91.8 Å². The number of halogens is 1. The average molecular weight is 222 g/mol. The standard InChI is InChI=1S/C10H8ClN3O/c11-7-2-1-6(4-12)9(3-7)14-5-8(13)10(14)15/h1-3,8H,5,13H2. The first-order valence-electron chi connectivity index (χ1n) is 4.40. The van der Waals surface area contributed by atoms with Crippen LogP contribution in [0.2, 0.25) is 5.02 Å². The molecule has 2 rings (SSSR count). The molecule has 0 aliphatic carbocycles. The summed E-state index contributed by atoms with van der Waals surface area (Å²) >= 11 is 5.80. The summed E-state index contributed by atoms with van der Waals surface area (Å²) in [7, 11) is 0. The van der Waals surface area contributed by atoms with Crippen LogP contribution in [0.1, 0.15) is 5.56 Å². The van der Waals surface area contributed by atoms with E-state index in [1.54, 1.807) is 18.2 Å². The van der Waals surface area contributed by atoms with Gasteiger partial charge in [-0.15, -0.1) is 0 Å². The normalized spacial score (nSPS) is 19.7. The molecule has 1 amide bonds. The molecule has 1 fully saturated rings. The predicted octanol–water partition coefficient (Wildman–Crippen LogP) is 0.886. The van der Waals surface area contributed by atoms with Crippen LogP contribution in [0, 0.1) is 11.3 Å². The van der Waals surface area contributed by atoms with E-state index in [1.807, 2.05) is 6.07 Å². The highest BCUT2D eigenvalue weighted by atomic mass is 35.5. The minimum absolute atomic E-state index is 0.172. The molecule has 76 valence electrons. The lowest BCUT2D eigenvalue weighted by Gasteiger charge is -2.36. The highest BCUT2D eigenvalue weighted by Crippen LogP contribution is 2.28. The van der Waals surface area contributed by atoms with Gasteiger partial charge in [0.1, 0.15) is 12.1 Å². The Hall–Kier alpha value is -1.57. The molecule has 1 aliphatic heterocycles. The van der Waals surface area contributed by atoms with Crippen molar-refractivity contribution in [1.82, 2.24) is 0 Å². The molecule has 1 atom stereocenters. The van der Waals surface area contributed by atoms with Gasteiger partial charge in [-0.3, -0.25) is 4.79 Å². The number of nitrogens with zero attached hydrogens (tertiary/aromatic N) is 2. The Balaban J connectivity index is 2.40. The van der Waals surface area contributed by atoms with Gasteiger partial charge in [0, 0.05) is 5.02 Å². The number of hydrogen-bond donors (Lipinski definition) is 1. The third-order valence-electron chi connectivity index (χ3n) is 2.33. The van der Waals surface area contributed by atoms with Gasteiger partial charge < -0.3 is 10.6 Å². The zero-order valence-electron chi connectivity index (χ0n) is 7.77. The number of amides is 1. The summed E-state index contributed by atoms with van der Waals surface area (Å²) in [5.41, 5.74) is 6.44. The van der Waals surface area contributed by atoms with Gasteiger partial charge >= 0.3 is 0 Å². The fourth-order valence-corrected chi connectivity index (χ4v) is 1.66. The van der Waals surface area contributed by atoms with Crippen LogP contribution < -0.4 is 10.6 Å². The molecule has 0 saturated carbocycles. The van der Waals surface area contributed by atoms with Gasteiger partial charge in [0.2, 0.25) is 5.91 Å². The fourth-order valence-electron chi connectivity index (χ4n) is 1.49. The van der Waals surface area contributed by atoms with Gasteiger partial charge in [-0.25, -0.2) is 0 Å². The van der Waals surface area contributed by atoms with Crippen molar-refractivity contribution >= 4 is 23.2 Å². The molecule has 1 heterocycles. The lowest BCUT2D eigenvalue weighted by Crippen LogP contribution is -2.61. The first kappa shape index (κ1) is 9.97. The molecule has 0 spiro atoms. The third-order valence-corrected chi connectivity index (χ3v) is 2.57. The zero-order valence-corrected chi connectivity index (χ0v) is 8.53. The molecule has 1 saturated heterocycles. The van der Waals surface area contributed by atoms with Crippen molar-refractivity contribution in [2.75, 3.05) is 11.4 Å². The Morgan fingerprint density at radius 1 is 1.60 bits per heavy atom. The number of carbonyl (C=O) groups is 1. The van der Waals surface area contributed by atoms with Crippen molar-refractivity contribution in [3.63, 3.8) is 0 Å². The van der Waals surface area contributed by atoms with Crippen LogP contribution in [0.15, 0.2) is 18.2 Å². The van der Waals surface area contributed by atoms with Crippen LogP contribution in [0.25, 0.3) is 0 Å². The van der Waals surface area contributed by atoms with Gasteiger partial charge in [-0.1, -0.05) is 11.6 Å². The fraction of sp³-hybridized carbons (Fsp3) is 0.200. The van der Waals surface area contributed by atoms with E-state index in [1.165, 1.54) is 4.90 Å². The van der Waals surface area contributed by atoms with E-state index in [9.17, 15) is 4.79 Å². The van der Waals surface area contributed by atoms with Crippen LogP contribution in [0.5, 0.6) is 0 Å². The lowest BCUT2D eigenvalue weighted by molar-refractivity contribution is -0.123. The molecule has 1 aromatic carbocycles. The number of benzene rings is 1. The summed E-state index contributed by atoms with van der Waals surface area (Å²) in [5.74, 6) is -0.172. The van der Waals surface area contributed by atoms with E-state index in [-0.39, 0.29) is 5.91 Å². The molecule has 1 aromatic rings. The van der Waals surface area contributed by atoms with Gasteiger partial charge in [0.15, 0.2) is 0 Å². The quantitative estimate of drug-likeness (QED) is 0.716. The average Bonchev–Trinajstić information content (AvgIpc) is 2.25. The van der Waals surface area contributed by atoms with Crippen LogP contribution in [0.4, 0.5) is 5.69 Å². The van der Waals surface area contributed by atoms with Crippen LogP contribution in [-0.2, 0) is 4.79 Å². The van der Waals surface area contributed by atoms with Gasteiger partial charge in [0.05, 0.1) is 17.8 Å². The molecule has 0 radical (unpaired) electrons. The van der Waals surface area contributed by atoms with Crippen molar-refractivity contribution in [3.05, 3.63) is 28.8 Å². The van der Waals surface area contributed by atoms with E-state index >= 15 is 0 Å². The highest BCUT2D eigenvalue weighted by molar-refractivity contribution is 6.31. The largest absolute Gasteiger partial charge is 0.318 e. The second kappa shape index (κ2) is 3.54. The van der Waals surface area contributed by atoms with Crippen molar-refractivity contribution in [2.24, 2.45) is 5.73 Å². The molecule has 5 heteroatoms. The van der Waals surface area contributed by atoms with Gasteiger partial charge in [-0.2, -0.15) is 5.26 Å². The first-order valence-corrected chi connectivity index (χ1v) is 4.78. The van der Waals surface area contributed by atoms with Crippen molar-refractivity contribution in [3.8, 4) is 6.07 Å². The second-order valence-corrected chi connectivity index (χ2v) is 3.77. The SMILES string of the molecule is N#Cc1ccc(Cl)cc1N1CC(N)C1=O. The van der Waals surface area contributed by atoms with Crippen LogP contribution >= 0.6 is 11.6 Å². The zero-order chi connectivity index (χ0) is 11.0. The molecule has 1 aliphatic rings. The van der Waals surface area contributed by atoms with Crippen molar-refractivity contribution in [1.29, 1.82) is 5.26 Å². The predicted molar refractivity (Wildman–Crippen MR) is 56.5 cm³/mol. The molecule has 4 nitrogen and oxygen atoms in total. The minimum Gasteiger partial charge on any atom is -0.318 e. The van der Waals surface area contributed by atoms with Gasteiger partial charge in [-0.05, 0) is 18.2 Å². The van der Waals surface area contributed by atoms with Gasteiger partial charge in [0.25, 0.3) is 0 Å².